The summed E-state index contributed by atoms with van der Waals surface area (Å²) in [6, 6.07) is 0. The van der Waals surface area contributed by atoms with Gasteiger partial charge in [-0.2, -0.15) is 11.8 Å². The molecule has 1 fully saturated rings. The Labute approximate surface area is 94.2 Å². The van der Waals surface area contributed by atoms with E-state index >= 15 is 0 Å². The van der Waals surface area contributed by atoms with Crippen molar-refractivity contribution in [2.75, 3.05) is 5.75 Å². The van der Waals surface area contributed by atoms with E-state index in [1.54, 1.807) is 0 Å². The molecular weight excluding hydrogens is 188 g/mol. The molecule has 0 heterocycles. The molecule has 0 bridgehead atoms. The van der Waals surface area contributed by atoms with Gasteiger partial charge < -0.3 is 0 Å². The van der Waals surface area contributed by atoms with Crippen LogP contribution >= 0.6 is 11.8 Å². The van der Waals surface area contributed by atoms with Crippen LogP contribution in [0.4, 0.5) is 0 Å². The molecule has 0 aromatic rings. The lowest BCUT2D eigenvalue weighted by molar-refractivity contribution is 0.474. The van der Waals surface area contributed by atoms with Crippen molar-refractivity contribution in [3.05, 3.63) is 0 Å². The van der Waals surface area contributed by atoms with Gasteiger partial charge in [0.15, 0.2) is 0 Å². The van der Waals surface area contributed by atoms with Gasteiger partial charge >= 0.3 is 0 Å². The van der Waals surface area contributed by atoms with Crippen LogP contribution in [-0.4, -0.2) is 11.0 Å². The van der Waals surface area contributed by atoms with Crippen LogP contribution in [0, 0.1) is 5.41 Å². The minimum absolute atomic E-state index is 0.507. The van der Waals surface area contributed by atoms with Gasteiger partial charge in [-0.05, 0) is 24.0 Å². The van der Waals surface area contributed by atoms with Gasteiger partial charge in [-0.15, -0.1) is 0 Å². The van der Waals surface area contributed by atoms with Crippen LogP contribution in [0.25, 0.3) is 0 Å². The molecule has 1 rings (SSSR count). The molecule has 1 aliphatic rings. The van der Waals surface area contributed by atoms with Gasteiger partial charge in [0, 0.05) is 5.25 Å². The average molecular weight is 214 g/mol. The number of rotatable bonds is 2. The van der Waals surface area contributed by atoms with Crippen molar-refractivity contribution in [1.82, 2.24) is 0 Å². The minimum atomic E-state index is 0.507. The highest BCUT2D eigenvalue weighted by Gasteiger charge is 2.16. The van der Waals surface area contributed by atoms with Crippen molar-refractivity contribution in [2.24, 2.45) is 5.41 Å². The van der Waals surface area contributed by atoms with Crippen LogP contribution in [0.2, 0.25) is 0 Å². The maximum absolute atomic E-state index is 2.35. The summed E-state index contributed by atoms with van der Waals surface area (Å²) in [5, 5.41) is 0.967. The van der Waals surface area contributed by atoms with Crippen molar-refractivity contribution >= 4 is 11.8 Å². The number of hydrogen-bond acceptors (Lipinski definition) is 1. The zero-order chi connectivity index (χ0) is 10.4. The molecule has 84 valence electrons. The fourth-order valence-corrected chi connectivity index (χ4v) is 3.36. The normalized spacial score (nSPS) is 21.6. The third-order valence-electron chi connectivity index (χ3n) is 2.80. The summed E-state index contributed by atoms with van der Waals surface area (Å²) in [7, 11) is 0. The Balaban J connectivity index is 2.20. The molecular formula is C13H26S. The molecule has 1 saturated carbocycles. The lowest BCUT2D eigenvalue weighted by Crippen LogP contribution is -2.14. The summed E-state index contributed by atoms with van der Waals surface area (Å²) in [6.45, 7) is 7.05. The first kappa shape index (κ1) is 12.4. The largest absolute Gasteiger partial charge is 0.158 e. The van der Waals surface area contributed by atoms with E-state index in [0.717, 1.165) is 5.25 Å². The number of thioether (sulfide) groups is 1. The Bertz CT molecular complexity index is 138. The van der Waals surface area contributed by atoms with Crippen LogP contribution < -0.4 is 0 Å². The first-order valence-electron chi connectivity index (χ1n) is 6.19. The third-order valence-corrected chi connectivity index (χ3v) is 4.78. The van der Waals surface area contributed by atoms with Crippen LogP contribution in [0.15, 0.2) is 0 Å². The van der Waals surface area contributed by atoms with Crippen LogP contribution in [0.1, 0.15) is 65.7 Å². The second-order valence-corrected chi connectivity index (χ2v) is 7.13. The summed E-state index contributed by atoms with van der Waals surface area (Å²) >= 11 is 2.23. The first-order valence-corrected chi connectivity index (χ1v) is 7.24. The van der Waals surface area contributed by atoms with E-state index in [1.807, 2.05) is 0 Å². The quantitative estimate of drug-likeness (QED) is 0.631. The van der Waals surface area contributed by atoms with Crippen LogP contribution in [-0.2, 0) is 0 Å². The van der Waals surface area contributed by atoms with Crippen LogP contribution in [0.3, 0.4) is 0 Å². The molecule has 0 amide bonds. The van der Waals surface area contributed by atoms with Crippen molar-refractivity contribution < 1.29 is 0 Å². The second kappa shape index (κ2) is 6.05. The van der Waals surface area contributed by atoms with Gasteiger partial charge in [0.1, 0.15) is 0 Å². The standard InChI is InChI=1S/C13H26S/c1-13(2,3)11-14-12-9-7-5-4-6-8-10-12/h12H,4-11H2,1-3H3. The highest BCUT2D eigenvalue weighted by Crippen LogP contribution is 2.31. The van der Waals surface area contributed by atoms with Gasteiger partial charge in [-0.1, -0.05) is 52.9 Å². The minimum Gasteiger partial charge on any atom is -0.158 e. The Morgan fingerprint density at radius 1 is 0.929 bits per heavy atom. The van der Waals surface area contributed by atoms with E-state index < -0.39 is 0 Å². The average Bonchev–Trinajstić information content (AvgIpc) is 2.00. The molecule has 14 heavy (non-hydrogen) atoms. The zero-order valence-corrected chi connectivity index (χ0v) is 11.0. The highest BCUT2D eigenvalue weighted by atomic mass is 32.2. The Morgan fingerprint density at radius 2 is 1.43 bits per heavy atom. The maximum Gasteiger partial charge on any atom is 0.00472 e. The molecule has 0 saturated heterocycles. The Hall–Kier alpha value is 0.350. The van der Waals surface area contributed by atoms with E-state index in [2.05, 4.69) is 32.5 Å². The molecule has 0 aromatic heterocycles. The lowest BCUT2D eigenvalue weighted by Gasteiger charge is -2.24. The summed E-state index contributed by atoms with van der Waals surface area (Å²) in [6.07, 6.45) is 10.3. The fourth-order valence-electron chi connectivity index (χ4n) is 1.95. The molecule has 0 aliphatic heterocycles. The predicted molar refractivity (Wildman–Crippen MR) is 68.0 cm³/mol. The first-order chi connectivity index (χ1) is 6.58. The van der Waals surface area contributed by atoms with Gasteiger partial charge in [0.2, 0.25) is 0 Å². The van der Waals surface area contributed by atoms with Crippen molar-refractivity contribution in [3.63, 3.8) is 0 Å². The summed E-state index contributed by atoms with van der Waals surface area (Å²) < 4.78 is 0. The SMILES string of the molecule is CC(C)(C)CSC1CCCCCCC1. The topological polar surface area (TPSA) is 0 Å². The summed E-state index contributed by atoms with van der Waals surface area (Å²) in [5.41, 5.74) is 0.507. The van der Waals surface area contributed by atoms with E-state index in [4.69, 9.17) is 0 Å². The Morgan fingerprint density at radius 3 is 1.93 bits per heavy atom. The van der Waals surface area contributed by atoms with Gasteiger partial charge in [-0.25, -0.2) is 0 Å². The molecule has 0 unspecified atom stereocenters. The summed E-state index contributed by atoms with van der Waals surface area (Å²) in [5.74, 6) is 1.33. The monoisotopic (exact) mass is 214 g/mol. The molecule has 0 atom stereocenters. The molecule has 1 heteroatoms. The fraction of sp³-hybridized carbons (Fsp3) is 1.00. The smallest absolute Gasteiger partial charge is 0.00472 e. The van der Waals surface area contributed by atoms with Crippen molar-refractivity contribution in [2.45, 2.75) is 71.0 Å². The van der Waals surface area contributed by atoms with Gasteiger partial charge in [0.25, 0.3) is 0 Å². The lowest BCUT2D eigenvalue weighted by atomic mass is 10.0. The van der Waals surface area contributed by atoms with Gasteiger partial charge in [-0.3, -0.25) is 0 Å². The molecule has 0 aromatic carbocycles. The van der Waals surface area contributed by atoms with E-state index in [0.29, 0.717) is 5.41 Å². The molecule has 0 nitrogen and oxygen atoms in total. The predicted octanol–water partition coefficient (Wildman–Crippen LogP) is 4.88. The number of hydrogen-bond donors (Lipinski definition) is 0. The van der Waals surface area contributed by atoms with Crippen LogP contribution in [0.5, 0.6) is 0 Å². The molecule has 0 N–H and O–H groups in total. The van der Waals surface area contributed by atoms with E-state index in [9.17, 15) is 0 Å². The highest BCUT2D eigenvalue weighted by molar-refractivity contribution is 7.99. The van der Waals surface area contributed by atoms with Gasteiger partial charge in [0.05, 0.1) is 0 Å². The van der Waals surface area contributed by atoms with Crippen molar-refractivity contribution in [1.29, 1.82) is 0 Å². The van der Waals surface area contributed by atoms with E-state index in [1.165, 1.54) is 50.7 Å². The second-order valence-electron chi connectivity index (χ2n) is 5.84. The zero-order valence-electron chi connectivity index (χ0n) is 10.1. The third kappa shape index (κ3) is 5.95. The summed E-state index contributed by atoms with van der Waals surface area (Å²) in [4.78, 5) is 0. The molecule has 1 aliphatic carbocycles. The maximum atomic E-state index is 2.35. The molecule has 0 spiro atoms. The Kier molecular flexibility index (Phi) is 5.36. The van der Waals surface area contributed by atoms with Crippen molar-refractivity contribution in [3.8, 4) is 0 Å². The van der Waals surface area contributed by atoms with E-state index in [-0.39, 0.29) is 0 Å². The molecule has 0 radical (unpaired) electrons.